The maximum absolute atomic E-state index is 13.0. The molecule has 29 heavy (non-hydrogen) atoms. The maximum Gasteiger partial charge on any atom is 0.348 e. The highest BCUT2D eigenvalue weighted by Crippen LogP contribution is 2.23. The van der Waals surface area contributed by atoms with Gasteiger partial charge in [-0.1, -0.05) is 37.3 Å². The van der Waals surface area contributed by atoms with Crippen molar-refractivity contribution in [2.75, 3.05) is 20.6 Å². The zero-order chi connectivity index (χ0) is 21.1. The summed E-state index contributed by atoms with van der Waals surface area (Å²) < 4.78 is 8.21. The zero-order valence-corrected chi connectivity index (χ0v) is 17.9. The van der Waals surface area contributed by atoms with Gasteiger partial charge < -0.3 is 9.64 Å². The fourth-order valence-corrected chi connectivity index (χ4v) is 4.14. The number of aryl methyl sites for hydroxylation is 1. The van der Waals surface area contributed by atoms with E-state index in [4.69, 9.17) is 4.74 Å². The summed E-state index contributed by atoms with van der Waals surface area (Å²) in [5.41, 5.74) is 0.0464. The van der Waals surface area contributed by atoms with Crippen molar-refractivity contribution in [2.45, 2.75) is 26.0 Å². The van der Waals surface area contributed by atoms with E-state index in [2.05, 4.69) is 0 Å². The molecule has 2 heterocycles. The number of hydrogen-bond donors (Lipinski definition) is 0. The number of nitrogens with zero attached hydrogens (tertiary/aromatic N) is 3. The van der Waals surface area contributed by atoms with Crippen molar-refractivity contribution in [3.8, 4) is 0 Å². The van der Waals surface area contributed by atoms with Gasteiger partial charge in [0.05, 0.1) is 11.9 Å². The van der Waals surface area contributed by atoms with Crippen molar-refractivity contribution in [1.29, 1.82) is 0 Å². The predicted octanol–water partition coefficient (Wildman–Crippen LogP) is 2.31. The van der Waals surface area contributed by atoms with E-state index in [0.29, 0.717) is 28.1 Å². The number of benzene rings is 1. The SMILES string of the molecule is CCC(CN(C)C)OC(=O)c1cc2c(=O)n(Cc3ccccc3)c(=O)n(C)c2s1. The summed E-state index contributed by atoms with van der Waals surface area (Å²) in [6.45, 7) is 2.76. The second kappa shape index (κ2) is 8.75. The van der Waals surface area contributed by atoms with Crippen LogP contribution in [0.1, 0.15) is 28.6 Å². The second-order valence-corrected chi connectivity index (χ2v) is 8.28. The van der Waals surface area contributed by atoms with Crippen LogP contribution < -0.4 is 11.2 Å². The average Bonchev–Trinajstić information content (AvgIpc) is 3.15. The van der Waals surface area contributed by atoms with Crippen LogP contribution in [-0.2, 0) is 18.3 Å². The lowest BCUT2D eigenvalue weighted by Gasteiger charge is -2.19. The summed E-state index contributed by atoms with van der Waals surface area (Å²) in [6, 6.07) is 10.9. The first-order valence-corrected chi connectivity index (χ1v) is 10.3. The summed E-state index contributed by atoms with van der Waals surface area (Å²) in [5.74, 6) is -0.471. The fraction of sp³-hybridized carbons (Fsp3) is 0.381. The van der Waals surface area contributed by atoms with Gasteiger partial charge in [-0.2, -0.15) is 0 Å². The van der Waals surface area contributed by atoms with E-state index >= 15 is 0 Å². The molecule has 0 saturated heterocycles. The van der Waals surface area contributed by atoms with Crippen LogP contribution in [0.2, 0.25) is 0 Å². The maximum atomic E-state index is 13.0. The summed E-state index contributed by atoms with van der Waals surface area (Å²) in [7, 11) is 5.44. The molecule has 0 saturated carbocycles. The zero-order valence-electron chi connectivity index (χ0n) is 17.0. The molecule has 0 aliphatic rings. The Kier molecular flexibility index (Phi) is 6.34. The van der Waals surface area contributed by atoms with E-state index in [1.165, 1.54) is 15.2 Å². The quantitative estimate of drug-likeness (QED) is 0.554. The van der Waals surface area contributed by atoms with E-state index in [0.717, 1.165) is 16.9 Å². The number of carbonyl (C=O) groups excluding carboxylic acids is 1. The van der Waals surface area contributed by atoms with E-state index in [-0.39, 0.29) is 12.6 Å². The topological polar surface area (TPSA) is 73.5 Å². The van der Waals surface area contributed by atoms with E-state index < -0.39 is 17.2 Å². The minimum Gasteiger partial charge on any atom is -0.457 e. The standard InChI is InChI=1S/C21H25N3O4S/c1-5-15(13-22(2)3)28-20(26)17-11-16-18(25)24(12-14-9-7-6-8-10-14)21(27)23(4)19(16)29-17/h6-11,15H,5,12-13H2,1-4H3. The van der Waals surface area contributed by atoms with Crippen molar-refractivity contribution in [2.24, 2.45) is 7.05 Å². The first kappa shape index (κ1) is 21.0. The molecule has 0 N–H and O–H groups in total. The predicted molar refractivity (Wildman–Crippen MR) is 115 cm³/mol. The normalized spacial score (nSPS) is 12.4. The fourth-order valence-electron chi connectivity index (χ4n) is 3.16. The van der Waals surface area contributed by atoms with Crippen LogP contribution in [0.15, 0.2) is 46.0 Å². The summed E-state index contributed by atoms with van der Waals surface area (Å²) in [5, 5.41) is 0.348. The number of esters is 1. The van der Waals surface area contributed by atoms with Gasteiger partial charge in [-0.15, -0.1) is 11.3 Å². The number of ether oxygens (including phenoxy) is 1. The molecule has 0 aliphatic heterocycles. The highest BCUT2D eigenvalue weighted by molar-refractivity contribution is 7.20. The Morgan fingerprint density at radius 1 is 1.21 bits per heavy atom. The number of fused-ring (bicyclic) bond motifs is 1. The molecule has 0 spiro atoms. The minimum atomic E-state index is -0.471. The number of hydrogen-bond acceptors (Lipinski definition) is 6. The molecule has 0 radical (unpaired) electrons. The number of aromatic nitrogens is 2. The first-order valence-electron chi connectivity index (χ1n) is 9.44. The van der Waals surface area contributed by atoms with Gasteiger partial charge in [0.25, 0.3) is 5.56 Å². The summed E-state index contributed by atoms with van der Waals surface area (Å²) in [6.07, 6.45) is 0.457. The molecule has 3 aromatic rings. The highest BCUT2D eigenvalue weighted by Gasteiger charge is 2.21. The van der Waals surface area contributed by atoms with Crippen LogP contribution in [0.4, 0.5) is 0 Å². The molecular weight excluding hydrogens is 390 g/mol. The van der Waals surface area contributed by atoms with Crippen LogP contribution in [0.5, 0.6) is 0 Å². The lowest BCUT2D eigenvalue weighted by molar-refractivity contribution is 0.0238. The van der Waals surface area contributed by atoms with Crippen LogP contribution >= 0.6 is 11.3 Å². The van der Waals surface area contributed by atoms with Gasteiger partial charge in [-0.3, -0.25) is 13.9 Å². The Hall–Kier alpha value is -2.71. The molecule has 1 aromatic carbocycles. The molecule has 1 atom stereocenters. The lowest BCUT2D eigenvalue weighted by atomic mass is 10.2. The Labute approximate surface area is 172 Å². The van der Waals surface area contributed by atoms with Crippen molar-refractivity contribution in [3.63, 3.8) is 0 Å². The van der Waals surface area contributed by atoms with Gasteiger partial charge in [0.1, 0.15) is 15.8 Å². The van der Waals surface area contributed by atoms with Crippen LogP contribution in [0, 0.1) is 0 Å². The molecule has 8 heteroatoms. The summed E-state index contributed by atoms with van der Waals surface area (Å²) in [4.78, 5) is 41.1. The van der Waals surface area contributed by atoms with Crippen molar-refractivity contribution in [3.05, 3.63) is 67.7 Å². The van der Waals surface area contributed by atoms with Crippen LogP contribution in [0.25, 0.3) is 10.2 Å². The monoisotopic (exact) mass is 415 g/mol. The Balaban J connectivity index is 1.98. The second-order valence-electron chi connectivity index (χ2n) is 7.25. The number of likely N-dealkylation sites (N-methyl/N-ethyl adjacent to an activating group) is 1. The number of thiophene rings is 1. The van der Waals surface area contributed by atoms with Gasteiger partial charge in [0.2, 0.25) is 0 Å². The average molecular weight is 416 g/mol. The molecule has 3 rings (SSSR count). The van der Waals surface area contributed by atoms with Crippen LogP contribution in [-0.4, -0.2) is 46.7 Å². The third-order valence-electron chi connectivity index (χ3n) is 4.69. The molecule has 0 fully saturated rings. The van der Waals surface area contributed by atoms with Crippen LogP contribution in [0.3, 0.4) is 0 Å². The third kappa shape index (κ3) is 4.49. The minimum absolute atomic E-state index is 0.179. The van der Waals surface area contributed by atoms with Gasteiger partial charge in [0.15, 0.2) is 0 Å². The first-order chi connectivity index (χ1) is 13.8. The molecule has 0 bridgehead atoms. The van der Waals surface area contributed by atoms with E-state index in [1.807, 2.05) is 56.3 Å². The molecule has 2 aromatic heterocycles. The van der Waals surface area contributed by atoms with E-state index in [9.17, 15) is 14.4 Å². The number of carbonyl (C=O) groups is 1. The molecular formula is C21H25N3O4S. The van der Waals surface area contributed by atoms with Gasteiger partial charge in [-0.25, -0.2) is 9.59 Å². The van der Waals surface area contributed by atoms with Crippen molar-refractivity contribution < 1.29 is 9.53 Å². The molecule has 0 aliphatic carbocycles. The smallest absolute Gasteiger partial charge is 0.348 e. The summed E-state index contributed by atoms with van der Waals surface area (Å²) >= 11 is 1.11. The molecule has 0 amide bonds. The number of rotatable bonds is 7. The largest absolute Gasteiger partial charge is 0.457 e. The lowest BCUT2D eigenvalue weighted by Crippen LogP contribution is -2.38. The third-order valence-corrected chi connectivity index (χ3v) is 5.88. The molecule has 7 nitrogen and oxygen atoms in total. The van der Waals surface area contributed by atoms with E-state index in [1.54, 1.807) is 7.05 Å². The van der Waals surface area contributed by atoms with Crippen molar-refractivity contribution >= 4 is 27.5 Å². The Morgan fingerprint density at radius 3 is 2.52 bits per heavy atom. The molecule has 1 unspecified atom stereocenters. The van der Waals surface area contributed by atoms with Gasteiger partial charge in [-0.05, 0) is 32.1 Å². The highest BCUT2D eigenvalue weighted by atomic mass is 32.1. The van der Waals surface area contributed by atoms with Gasteiger partial charge in [0, 0.05) is 13.6 Å². The Bertz CT molecular complexity index is 1130. The molecule has 154 valence electrons. The van der Waals surface area contributed by atoms with Crippen molar-refractivity contribution in [1.82, 2.24) is 14.0 Å². The van der Waals surface area contributed by atoms with Gasteiger partial charge >= 0.3 is 11.7 Å². The Morgan fingerprint density at radius 2 is 1.90 bits per heavy atom.